The van der Waals surface area contributed by atoms with Crippen molar-refractivity contribution in [1.29, 1.82) is 0 Å². The predicted molar refractivity (Wildman–Crippen MR) is 92.8 cm³/mol. The van der Waals surface area contributed by atoms with Crippen LogP contribution in [0.4, 0.5) is 5.69 Å². The Morgan fingerprint density at radius 3 is 2.40 bits per heavy atom. The standard InChI is InChI=1S/C17H15N3O4S/c1-12-8-9-15(20(21)22)10-16(12)25(23,24)19-11-13(2)18-17(19)14-6-4-3-5-7-14/h3-11H,1-2H3. The molecule has 0 saturated carbocycles. The highest BCUT2D eigenvalue weighted by Gasteiger charge is 2.26. The molecule has 8 heteroatoms. The fourth-order valence-corrected chi connectivity index (χ4v) is 4.15. The molecule has 7 nitrogen and oxygen atoms in total. The van der Waals surface area contributed by atoms with Gasteiger partial charge in [0.15, 0.2) is 5.82 Å². The van der Waals surface area contributed by atoms with Gasteiger partial charge in [-0.25, -0.2) is 17.4 Å². The molecule has 1 heterocycles. The Hall–Kier alpha value is -3.00. The van der Waals surface area contributed by atoms with Crippen LogP contribution in [-0.2, 0) is 10.0 Å². The van der Waals surface area contributed by atoms with Gasteiger partial charge in [-0.3, -0.25) is 10.1 Å². The number of hydrogen-bond acceptors (Lipinski definition) is 5. The maximum Gasteiger partial charge on any atom is 0.270 e. The molecule has 0 amide bonds. The highest BCUT2D eigenvalue weighted by Crippen LogP contribution is 2.28. The number of imidazole rings is 1. The molecule has 128 valence electrons. The van der Waals surface area contributed by atoms with E-state index in [0.717, 1.165) is 10.0 Å². The van der Waals surface area contributed by atoms with Crippen molar-refractivity contribution >= 4 is 15.7 Å². The summed E-state index contributed by atoms with van der Waals surface area (Å²) >= 11 is 0. The number of nitro benzene ring substituents is 1. The van der Waals surface area contributed by atoms with Crippen LogP contribution in [0.1, 0.15) is 11.3 Å². The summed E-state index contributed by atoms with van der Waals surface area (Å²) in [6.07, 6.45) is 1.41. The molecule has 1 aromatic heterocycles. The number of benzene rings is 2. The van der Waals surface area contributed by atoms with Crippen molar-refractivity contribution in [3.8, 4) is 11.4 Å². The summed E-state index contributed by atoms with van der Waals surface area (Å²) in [6.45, 7) is 3.29. The van der Waals surface area contributed by atoms with Gasteiger partial charge in [-0.1, -0.05) is 36.4 Å². The van der Waals surface area contributed by atoms with Gasteiger partial charge >= 0.3 is 0 Å². The first-order valence-electron chi connectivity index (χ1n) is 7.43. The largest absolute Gasteiger partial charge is 0.270 e. The minimum absolute atomic E-state index is 0.115. The molecule has 0 aliphatic heterocycles. The quantitative estimate of drug-likeness (QED) is 0.527. The summed E-state index contributed by atoms with van der Waals surface area (Å²) in [5.41, 5.74) is 1.33. The van der Waals surface area contributed by atoms with Crippen LogP contribution >= 0.6 is 0 Å². The Bertz CT molecular complexity index is 1060. The van der Waals surface area contributed by atoms with Crippen LogP contribution in [0.15, 0.2) is 59.6 Å². The van der Waals surface area contributed by atoms with Crippen molar-refractivity contribution in [3.05, 3.63) is 76.1 Å². The topological polar surface area (TPSA) is 95.1 Å². The van der Waals surface area contributed by atoms with E-state index >= 15 is 0 Å². The van der Waals surface area contributed by atoms with Crippen LogP contribution in [0.3, 0.4) is 0 Å². The van der Waals surface area contributed by atoms with Crippen molar-refractivity contribution in [2.24, 2.45) is 0 Å². The van der Waals surface area contributed by atoms with Crippen molar-refractivity contribution in [1.82, 2.24) is 8.96 Å². The number of nitro groups is 1. The Morgan fingerprint density at radius 2 is 1.76 bits per heavy atom. The third kappa shape index (κ3) is 3.03. The first kappa shape index (κ1) is 16.8. The number of aromatic nitrogens is 2. The van der Waals surface area contributed by atoms with Gasteiger partial charge in [0.05, 0.1) is 15.5 Å². The Labute approximate surface area is 144 Å². The summed E-state index contributed by atoms with van der Waals surface area (Å²) in [7, 11) is -4.03. The summed E-state index contributed by atoms with van der Waals surface area (Å²) < 4.78 is 27.3. The molecular formula is C17H15N3O4S. The van der Waals surface area contributed by atoms with Gasteiger partial charge in [0, 0.05) is 23.9 Å². The third-order valence-electron chi connectivity index (χ3n) is 3.75. The zero-order valence-electron chi connectivity index (χ0n) is 13.6. The molecule has 0 bridgehead atoms. The monoisotopic (exact) mass is 357 g/mol. The number of rotatable bonds is 4. The van der Waals surface area contributed by atoms with Crippen LogP contribution in [0, 0.1) is 24.0 Å². The average Bonchev–Trinajstić information content (AvgIpc) is 2.98. The Morgan fingerprint density at radius 1 is 1.08 bits per heavy atom. The van der Waals surface area contributed by atoms with E-state index < -0.39 is 14.9 Å². The lowest BCUT2D eigenvalue weighted by molar-refractivity contribution is -0.385. The van der Waals surface area contributed by atoms with Crippen molar-refractivity contribution in [3.63, 3.8) is 0 Å². The number of hydrogen-bond donors (Lipinski definition) is 0. The van der Waals surface area contributed by atoms with Crippen LogP contribution < -0.4 is 0 Å². The van der Waals surface area contributed by atoms with Crippen molar-refractivity contribution in [2.75, 3.05) is 0 Å². The van der Waals surface area contributed by atoms with Crippen molar-refractivity contribution < 1.29 is 13.3 Å². The van der Waals surface area contributed by atoms with E-state index in [0.29, 0.717) is 16.8 Å². The van der Waals surface area contributed by atoms with Crippen LogP contribution in [0.5, 0.6) is 0 Å². The minimum Gasteiger partial charge on any atom is -0.258 e. The fraction of sp³-hybridized carbons (Fsp3) is 0.118. The number of non-ortho nitro benzene ring substituents is 1. The fourth-order valence-electron chi connectivity index (χ4n) is 2.52. The summed E-state index contributed by atoms with van der Waals surface area (Å²) in [4.78, 5) is 14.6. The molecular weight excluding hydrogens is 342 g/mol. The molecule has 0 N–H and O–H groups in total. The minimum atomic E-state index is -4.03. The number of aryl methyl sites for hydroxylation is 2. The Kier molecular flexibility index (Phi) is 4.13. The lowest BCUT2D eigenvalue weighted by atomic mass is 10.2. The van der Waals surface area contributed by atoms with E-state index in [9.17, 15) is 18.5 Å². The second-order valence-electron chi connectivity index (χ2n) is 5.58. The van der Waals surface area contributed by atoms with Gasteiger partial charge in [0.1, 0.15) is 0 Å². The Balaban J connectivity index is 2.24. The lowest BCUT2D eigenvalue weighted by Crippen LogP contribution is -2.15. The van der Waals surface area contributed by atoms with Gasteiger partial charge in [0.25, 0.3) is 15.7 Å². The van der Waals surface area contributed by atoms with E-state index in [1.54, 1.807) is 38.1 Å². The van der Waals surface area contributed by atoms with Gasteiger partial charge in [-0.05, 0) is 19.4 Å². The molecule has 25 heavy (non-hydrogen) atoms. The second-order valence-corrected chi connectivity index (χ2v) is 7.36. The predicted octanol–water partition coefficient (Wildman–Crippen LogP) is 3.31. The SMILES string of the molecule is Cc1cn(S(=O)(=O)c2cc([N+](=O)[O-])ccc2C)c(-c2ccccc2)n1. The van der Waals surface area contributed by atoms with Crippen molar-refractivity contribution in [2.45, 2.75) is 18.7 Å². The third-order valence-corrected chi connectivity index (χ3v) is 5.54. The average molecular weight is 357 g/mol. The molecule has 0 spiro atoms. The molecule has 0 radical (unpaired) electrons. The molecule has 2 aromatic carbocycles. The molecule has 3 aromatic rings. The summed E-state index contributed by atoms with van der Waals surface area (Å²) in [5, 5.41) is 11.0. The van der Waals surface area contributed by atoms with E-state index in [2.05, 4.69) is 4.98 Å². The maximum absolute atomic E-state index is 13.1. The van der Waals surface area contributed by atoms with E-state index in [-0.39, 0.29) is 16.4 Å². The van der Waals surface area contributed by atoms with Gasteiger partial charge in [0.2, 0.25) is 0 Å². The molecule has 0 unspecified atom stereocenters. The zero-order valence-corrected chi connectivity index (χ0v) is 14.4. The second kappa shape index (κ2) is 6.14. The summed E-state index contributed by atoms with van der Waals surface area (Å²) in [6, 6.07) is 12.7. The molecule has 0 saturated heterocycles. The highest BCUT2D eigenvalue weighted by molar-refractivity contribution is 7.90. The van der Waals surface area contributed by atoms with Gasteiger partial charge in [-0.15, -0.1) is 0 Å². The first-order valence-corrected chi connectivity index (χ1v) is 8.87. The molecule has 0 atom stereocenters. The highest BCUT2D eigenvalue weighted by atomic mass is 32.2. The first-order chi connectivity index (χ1) is 11.8. The lowest BCUT2D eigenvalue weighted by Gasteiger charge is -2.11. The van der Waals surface area contributed by atoms with Crippen LogP contribution in [0.2, 0.25) is 0 Å². The van der Waals surface area contributed by atoms with Gasteiger partial charge in [-0.2, -0.15) is 0 Å². The van der Waals surface area contributed by atoms with Crippen LogP contribution in [-0.4, -0.2) is 22.3 Å². The maximum atomic E-state index is 13.1. The van der Waals surface area contributed by atoms with E-state index in [4.69, 9.17) is 0 Å². The van der Waals surface area contributed by atoms with Crippen LogP contribution in [0.25, 0.3) is 11.4 Å². The molecule has 0 aliphatic rings. The van der Waals surface area contributed by atoms with Gasteiger partial charge < -0.3 is 0 Å². The van der Waals surface area contributed by atoms with E-state index in [1.807, 2.05) is 6.07 Å². The zero-order chi connectivity index (χ0) is 18.2. The summed E-state index contributed by atoms with van der Waals surface area (Å²) in [5.74, 6) is 0.268. The van der Waals surface area contributed by atoms with E-state index in [1.165, 1.54) is 18.3 Å². The molecule has 0 fully saturated rings. The normalized spacial score (nSPS) is 11.4. The molecule has 3 rings (SSSR count). The number of nitrogens with zero attached hydrogens (tertiary/aromatic N) is 3. The smallest absolute Gasteiger partial charge is 0.258 e. The molecule has 0 aliphatic carbocycles.